The summed E-state index contributed by atoms with van der Waals surface area (Å²) >= 11 is 0. The molecule has 0 saturated carbocycles. The van der Waals surface area contributed by atoms with Crippen molar-refractivity contribution in [1.82, 2.24) is 5.32 Å². The Morgan fingerprint density at radius 3 is 2.33 bits per heavy atom. The van der Waals surface area contributed by atoms with Gasteiger partial charge in [-0.15, -0.1) is 0 Å². The van der Waals surface area contributed by atoms with Gasteiger partial charge in [-0.05, 0) is 24.3 Å². The van der Waals surface area contributed by atoms with Crippen molar-refractivity contribution in [3.63, 3.8) is 0 Å². The number of rotatable bonds is 3. The van der Waals surface area contributed by atoms with Gasteiger partial charge in [0.2, 0.25) is 0 Å². The van der Waals surface area contributed by atoms with Crippen molar-refractivity contribution in [2.75, 3.05) is 6.61 Å². The lowest BCUT2D eigenvalue weighted by atomic mass is 10.1. The van der Waals surface area contributed by atoms with E-state index in [-0.39, 0.29) is 5.56 Å². The summed E-state index contributed by atoms with van der Waals surface area (Å²) in [4.78, 5) is 33.6. The lowest BCUT2D eigenvalue weighted by Gasteiger charge is -2.08. The number of carboxylic acids is 1. The van der Waals surface area contributed by atoms with Crippen LogP contribution in [0.5, 0.6) is 0 Å². The maximum absolute atomic E-state index is 11.8. The fourth-order valence-electron chi connectivity index (χ4n) is 1.63. The molecule has 1 aliphatic rings. The summed E-state index contributed by atoms with van der Waals surface area (Å²) < 4.78 is 4.72. The van der Waals surface area contributed by atoms with E-state index in [1.807, 2.05) is 0 Å². The van der Waals surface area contributed by atoms with Crippen LogP contribution in [0.25, 0.3) is 0 Å². The Morgan fingerprint density at radius 1 is 1.22 bits per heavy atom. The van der Waals surface area contributed by atoms with Crippen molar-refractivity contribution in [3.8, 4) is 0 Å². The molecule has 0 bridgehead atoms. The zero-order valence-electron chi connectivity index (χ0n) is 9.38. The van der Waals surface area contributed by atoms with E-state index < -0.39 is 23.9 Å². The highest BCUT2D eigenvalue weighted by atomic mass is 16.5. The van der Waals surface area contributed by atoms with Gasteiger partial charge in [-0.1, -0.05) is 0 Å². The molecule has 0 aliphatic carbocycles. The maximum atomic E-state index is 11.8. The molecule has 1 aliphatic heterocycles. The average molecular weight is 249 g/mol. The lowest BCUT2D eigenvalue weighted by Crippen LogP contribution is -2.37. The number of carboxylic acid groups (broad SMARTS) is 1. The summed E-state index contributed by atoms with van der Waals surface area (Å²) in [6, 6.07) is 4.86. The van der Waals surface area contributed by atoms with Gasteiger partial charge >= 0.3 is 11.9 Å². The van der Waals surface area contributed by atoms with Gasteiger partial charge in [-0.3, -0.25) is 4.79 Å². The number of hydrogen-bond donors (Lipinski definition) is 2. The summed E-state index contributed by atoms with van der Waals surface area (Å²) in [5.41, 5.74) is 0.409. The monoisotopic (exact) mass is 249 g/mol. The fraction of sp³-hybridized carbons (Fsp3) is 0.250. The molecule has 94 valence electrons. The molecule has 1 atom stereocenters. The second-order valence-corrected chi connectivity index (χ2v) is 3.86. The largest absolute Gasteiger partial charge is 0.478 e. The summed E-state index contributed by atoms with van der Waals surface area (Å²) in [5, 5.41) is 11.2. The van der Waals surface area contributed by atoms with E-state index in [0.29, 0.717) is 18.6 Å². The van der Waals surface area contributed by atoms with Crippen LogP contribution in [0.1, 0.15) is 27.1 Å². The van der Waals surface area contributed by atoms with Crippen LogP contribution in [0.3, 0.4) is 0 Å². The minimum Gasteiger partial charge on any atom is -0.478 e. The molecule has 1 amide bonds. The van der Waals surface area contributed by atoms with Crippen molar-refractivity contribution in [2.45, 2.75) is 12.5 Å². The summed E-state index contributed by atoms with van der Waals surface area (Å²) in [6.45, 7) is 0.307. The van der Waals surface area contributed by atoms with Gasteiger partial charge < -0.3 is 15.2 Å². The molecule has 0 radical (unpaired) electrons. The Bertz CT molecular complexity index is 494. The van der Waals surface area contributed by atoms with E-state index in [1.54, 1.807) is 0 Å². The predicted molar refractivity (Wildman–Crippen MR) is 60.2 cm³/mol. The predicted octanol–water partition coefficient (Wildman–Crippen LogP) is 0.430. The van der Waals surface area contributed by atoms with Gasteiger partial charge in [0, 0.05) is 12.0 Å². The highest BCUT2D eigenvalue weighted by molar-refractivity contribution is 5.98. The Hall–Kier alpha value is -2.37. The smallest absolute Gasteiger partial charge is 0.335 e. The molecule has 0 aromatic heterocycles. The zero-order chi connectivity index (χ0) is 13.1. The van der Waals surface area contributed by atoms with E-state index >= 15 is 0 Å². The third-order valence-electron chi connectivity index (χ3n) is 2.63. The maximum Gasteiger partial charge on any atom is 0.335 e. The Labute approximate surface area is 103 Å². The molecule has 1 aromatic carbocycles. The standard InChI is InChI=1S/C12H11NO5/c14-10(13-9-5-6-18-12(9)17)7-1-3-8(4-2-7)11(15)16/h1-4,9H,5-6H2,(H,13,14)(H,15,16)/t9-/m1/s1. The SMILES string of the molecule is O=C(O)c1ccc(C(=O)N[C@@H]2CCOC2=O)cc1. The summed E-state index contributed by atoms with van der Waals surface area (Å²) in [5.74, 6) is -1.91. The van der Waals surface area contributed by atoms with E-state index in [4.69, 9.17) is 9.84 Å². The highest BCUT2D eigenvalue weighted by Crippen LogP contribution is 2.09. The van der Waals surface area contributed by atoms with Crippen LogP contribution >= 0.6 is 0 Å². The van der Waals surface area contributed by atoms with Crippen molar-refractivity contribution in [1.29, 1.82) is 0 Å². The molecule has 0 unspecified atom stereocenters. The van der Waals surface area contributed by atoms with Gasteiger partial charge in [0.25, 0.3) is 5.91 Å². The van der Waals surface area contributed by atoms with Gasteiger partial charge in [-0.2, -0.15) is 0 Å². The Kier molecular flexibility index (Phi) is 3.27. The van der Waals surface area contributed by atoms with Crippen LogP contribution in [0.2, 0.25) is 0 Å². The van der Waals surface area contributed by atoms with Gasteiger partial charge in [0.15, 0.2) is 0 Å². The summed E-state index contributed by atoms with van der Waals surface area (Å²) in [7, 11) is 0. The van der Waals surface area contributed by atoms with E-state index in [1.165, 1.54) is 24.3 Å². The minimum atomic E-state index is -1.05. The number of nitrogens with one attached hydrogen (secondary N) is 1. The lowest BCUT2D eigenvalue weighted by molar-refractivity contribution is -0.139. The third-order valence-corrected chi connectivity index (χ3v) is 2.63. The van der Waals surface area contributed by atoms with Crippen molar-refractivity contribution >= 4 is 17.8 Å². The number of hydrogen-bond acceptors (Lipinski definition) is 4. The molecule has 1 saturated heterocycles. The molecular weight excluding hydrogens is 238 g/mol. The van der Waals surface area contributed by atoms with Crippen molar-refractivity contribution in [3.05, 3.63) is 35.4 Å². The van der Waals surface area contributed by atoms with Crippen LogP contribution in [0.15, 0.2) is 24.3 Å². The molecule has 18 heavy (non-hydrogen) atoms. The normalized spacial score (nSPS) is 18.2. The topological polar surface area (TPSA) is 92.7 Å². The fourth-order valence-corrected chi connectivity index (χ4v) is 1.63. The first kappa shape index (κ1) is 12.1. The molecule has 6 nitrogen and oxygen atoms in total. The van der Waals surface area contributed by atoms with E-state index in [2.05, 4.69) is 5.32 Å². The van der Waals surface area contributed by atoms with Gasteiger partial charge in [-0.25, -0.2) is 9.59 Å². The molecule has 0 spiro atoms. The number of carbonyl (C=O) groups excluding carboxylic acids is 2. The first-order valence-corrected chi connectivity index (χ1v) is 5.39. The number of benzene rings is 1. The number of aromatic carboxylic acids is 1. The Balaban J connectivity index is 2.04. The number of amides is 1. The highest BCUT2D eigenvalue weighted by Gasteiger charge is 2.28. The quantitative estimate of drug-likeness (QED) is 0.758. The minimum absolute atomic E-state index is 0.104. The number of carbonyl (C=O) groups is 3. The van der Waals surface area contributed by atoms with E-state index in [9.17, 15) is 14.4 Å². The van der Waals surface area contributed by atoms with Crippen LogP contribution in [0, 0.1) is 0 Å². The zero-order valence-corrected chi connectivity index (χ0v) is 9.38. The van der Waals surface area contributed by atoms with E-state index in [0.717, 1.165) is 0 Å². The molecule has 2 rings (SSSR count). The average Bonchev–Trinajstić information content (AvgIpc) is 2.75. The van der Waals surface area contributed by atoms with Crippen LogP contribution < -0.4 is 5.32 Å². The third kappa shape index (κ3) is 2.48. The molecular formula is C12H11NO5. The molecule has 1 heterocycles. The second kappa shape index (κ2) is 4.87. The number of ether oxygens (including phenoxy) is 1. The second-order valence-electron chi connectivity index (χ2n) is 3.86. The van der Waals surface area contributed by atoms with Crippen LogP contribution in [-0.4, -0.2) is 35.6 Å². The first-order valence-electron chi connectivity index (χ1n) is 5.39. The van der Waals surface area contributed by atoms with Crippen molar-refractivity contribution < 1.29 is 24.2 Å². The van der Waals surface area contributed by atoms with Gasteiger partial charge in [0.1, 0.15) is 6.04 Å². The molecule has 6 heteroatoms. The molecule has 1 fully saturated rings. The van der Waals surface area contributed by atoms with Crippen LogP contribution in [0.4, 0.5) is 0 Å². The molecule has 1 aromatic rings. The van der Waals surface area contributed by atoms with Gasteiger partial charge in [0.05, 0.1) is 12.2 Å². The summed E-state index contributed by atoms with van der Waals surface area (Å²) in [6.07, 6.45) is 0.456. The van der Waals surface area contributed by atoms with Crippen LogP contribution in [-0.2, 0) is 9.53 Å². The first-order chi connectivity index (χ1) is 8.58. The van der Waals surface area contributed by atoms with Crippen molar-refractivity contribution in [2.24, 2.45) is 0 Å². The Morgan fingerprint density at radius 2 is 1.83 bits per heavy atom. The number of esters is 1. The number of cyclic esters (lactones) is 1. The molecule has 2 N–H and O–H groups in total.